The molecule has 2 aromatic rings. The van der Waals surface area contributed by atoms with Gasteiger partial charge in [-0.15, -0.1) is 0 Å². The van der Waals surface area contributed by atoms with Gasteiger partial charge in [-0.3, -0.25) is 0 Å². The molecule has 24 heavy (non-hydrogen) atoms. The molecule has 0 unspecified atom stereocenters. The molecular formula is C18H19NO4Sn. The number of carboxylic acids is 1. The van der Waals surface area contributed by atoms with Gasteiger partial charge < -0.3 is 0 Å². The van der Waals surface area contributed by atoms with E-state index in [1.54, 1.807) is 0 Å². The van der Waals surface area contributed by atoms with Crippen LogP contribution in [0.2, 0.25) is 0 Å². The van der Waals surface area contributed by atoms with Crippen molar-refractivity contribution >= 4 is 31.0 Å². The third-order valence-corrected chi connectivity index (χ3v) is 15.6. The second kappa shape index (κ2) is 7.36. The summed E-state index contributed by atoms with van der Waals surface area (Å²) in [5.41, 5.74) is 2.18. The van der Waals surface area contributed by atoms with Gasteiger partial charge in [0.05, 0.1) is 0 Å². The number of hydrogen-bond donors (Lipinski definition) is 1. The van der Waals surface area contributed by atoms with Gasteiger partial charge in [0.1, 0.15) is 0 Å². The first-order valence-electron chi connectivity index (χ1n) is 7.84. The zero-order valence-corrected chi connectivity index (χ0v) is 16.1. The third kappa shape index (κ3) is 3.96. The van der Waals surface area contributed by atoms with Crippen LogP contribution >= 0.6 is 0 Å². The molecule has 1 fully saturated rings. The van der Waals surface area contributed by atoms with Crippen LogP contribution in [0.1, 0.15) is 11.1 Å². The van der Waals surface area contributed by atoms with Crippen LogP contribution in [0.3, 0.4) is 0 Å². The number of carboxylic acid groups (broad SMARTS) is 1. The fourth-order valence-electron chi connectivity index (χ4n) is 3.16. The monoisotopic (exact) mass is 433 g/mol. The molecule has 0 aromatic heterocycles. The third-order valence-electron chi connectivity index (χ3n) is 4.17. The van der Waals surface area contributed by atoms with E-state index in [1.165, 1.54) is 0 Å². The predicted octanol–water partition coefficient (Wildman–Crippen LogP) is 1.94. The van der Waals surface area contributed by atoms with E-state index in [9.17, 15) is 14.7 Å². The molecule has 1 N–H and O–H groups in total. The fourth-order valence-corrected chi connectivity index (χ4v) is 14.4. The van der Waals surface area contributed by atoms with Gasteiger partial charge in [-0.25, -0.2) is 0 Å². The Morgan fingerprint density at radius 1 is 1.00 bits per heavy atom. The molecule has 0 amide bonds. The van der Waals surface area contributed by atoms with Gasteiger partial charge >= 0.3 is 146 Å². The van der Waals surface area contributed by atoms with Crippen LogP contribution in [0.15, 0.2) is 60.7 Å². The molecule has 2 aromatic carbocycles. The Bertz CT molecular complexity index is 679. The molecule has 3 rings (SSSR count). The SMILES string of the molecule is O=C(O)C[N]1CC(=O)[O][Sn]1([CH2]c1ccccc1)[CH2]c1ccccc1. The first-order valence-corrected chi connectivity index (χ1v) is 14.3. The van der Waals surface area contributed by atoms with Crippen molar-refractivity contribution in [1.29, 1.82) is 0 Å². The van der Waals surface area contributed by atoms with E-state index in [0.717, 1.165) is 11.1 Å². The van der Waals surface area contributed by atoms with Crippen molar-refractivity contribution in [3.63, 3.8) is 0 Å². The summed E-state index contributed by atoms with van der Waals surface area (Å²) in [5.74, 6) is -1.21. The minimum atomic E-state index is -3.68. The zero-order valence-electron chi connectivity index (χ0n) is 13.2. The van der Waals surface area contributed by atoms with Gasteiger partial charge in [0.2, 0.25) is 0 Å². The van der Waals surface area contributed by atoms with Gasteiger partial charge in [-0.05, 0) is 0 Å². The van der Waals surface area contributed by atoms with Crippen molar-refractivity contribution in [3.05, 3.63) is 71.8 Å². The van der Waals surface area contributed by atoms with Crippen molar-refractivity contribution < 1.29 is 17.8 Å². The van der Waals surface area contributed by atoms with Gasteiger partial charge in [0.15, 0.2) is 0 Å². The summed E-state index contributed by atoms with van der Waals surface area (Å²) in [6.45, 7) is -0.0520. The number of hydrogen-bond acceptors (Lipinski definition) is 4. The standard InChI is InChI=1S/2C7H7.C4H6NO4.Sn/c2*1-7-5-3-2-4-6-7;6-3(7)1-5-2-4(8)9;/h2*2-6H,1H2;1-2H2,(H,6,7)(H,8,9);/q;;-1;+2/p-1. The summed E-state index contributed by atoms with van der Waals surface area (Å²) >= 11 is -3.68. The second-order valence-corrected chi connectivity index (χ2v) is 15.8. The van der Waals surface area contributed by atoms with E-state index in [4.69, 9.17) is 3.07 Å². The Balaban J connectivity index is 1.95. The summed E-state index contributed by atoms with van der Waals surface area (Å²) in [6.07, 6.45) is 0. The topological polar surface area (TPSA) is 66.8 Å². The number of carbonyl (C=O) groups excluding carboxylic acids is 1. The first-order chi connectivity index (χ1) is 11.6. The molecule has 0 atom stereocenters. The van der Waals surface area contributed by atoms with Crippen molar-refractivity contribution in [1.82, 2.24) is 3.12 Å². The number of aliphatic carboxylic acids is 1. The molecule has 0 saturated carbocycles. The molecule has 5 nitrogen and oxygen atoms in total. The summed E-state index contributed by atoms with van der Waals surface area (Å²) in [6, 6.07) is 19.7. The summed E-state index contributed by atoms with van der Waals surface area (Å²) < 4.78 is 9.05. The van der Waals surface area contributed by atoms with E-state index in [1.807, 2.05) is 63.8 Å². The predicted molar refractivity (Wildman–Crippen MR) is 91.3 cm³/mol. The maximum absolute atomic E-state index is 12.0. The molecule has 1 aliphatic rings. The van der Waals surface area contributed by atoms with Crippen LogP contribution in [0, 0.1) is 0 Å². The second-order valence-electron chi connectivity index (χ2n) is 5.99. The summed E-state index contributed by atoms with van der Waals surface area (Å²) in [4.78, 5) is 23.3. The van der Waals surface area contributed by atoms with Crippen molar-refractivity contribution in [3.8, 4) is 0 Å². The van der Waals surface area contributed by atoms with E-state index in [0.29, 0.717) is 8.87 Å². The summed E-state index contributed by atoms with van der Waals surface area (Å²) in [7, 11) is 0. The average molecular weight is 432 g/mol. The van der Waals surface area contributed by atoms with E-state index < -0.39 is 25.0 Å². The Morgan fingerprint density at radius 3 is 1.96 bits per heavy atom. The quantitative estimate of drug-likeness (QED) is 0.708. The van der Waals surface area contributed by atoms with Crippen LogP contribution in [0.25, 0.3) is 0 Å². The fraction of sp³-hybridized carbons (Fsp3) is 0.222. The minimum absolute atomic E-state index is 0.0854. The molecule has 1 heterocycles. The van der Waals surface area contributed by atoms with E-state index in [2.05, 4.69) is 0 Å². The van der Waals surface area contributed by atoms with Crippen LogP contribution in [0.5, 0.6) is 0 Å². The molecule has 124 valence electrons. The normalized spacial score (nSPS) is 16.8. The van der Waals surface area contributed by atoms with Gasteiger partial charge in [0, 0.05) is 0 Å². The van der Waals surface area contributed by atoms with Gasteiger partial charge in [-0.2, -0.15) is 0 Å². The number of benzene rings is 2. The molecule has 0 spiro atoms. The number of rotatable bonds is 6. The molecule has 0 radical (unpaired) electrons. The Morgan fingerprint density at radius 2 is 1.50 bits per heavy atom. The molecular weight excluding hydrogens is 413 g/mol. The molecule has 6 heteroatoms. The van der Waals surface area contributed by atoms with Crippen LogP contribution < -0.4 is 0 Å². The van der Waals surface area contributed by atoms with Crippen LogP contribution in [-0.4, -0.2) is 52.3 Å². The summed E-state index contributed by atoms with van der Waals surface area (Å²) in [5, 5.41) is 9.25. The zero-order chi connectivity index (χ0) is 17.0. The van der Waals surface area contributed by atoms with Crippen molar-refractivity contribution in [2.45, 2.75) is 8.87 Å². The molecule has 0 bridgehead atoms. The number of nitrogens with zero attached hydrogens (tertiary/aromatic N) is 1. The van der Waals surface area contributed by atoms with Gasteiger partial charge in [-0.1, -0.05) is 0 Å². The molecule has 1 saturated heterocycles. The van der Waals surface area contributed by atoms with Crippen molar-refractivity contribution in [2.75, 3.05) is 13.1 Å². The average Bonchev–Trinajstić information content (AvgIpc) is 2.83. The van der Waals surface area contributed by atoms with E-state index >= 15 is 0 Å². The molecule has 0 aliphatic carbocycles. The van der Waals surface area contributed by atoms with Crippen LogP contribution in [0.4, 0.5) is 0 Å². The van der Waals surface area contributed by atoms with Crippen molar-refractivity contribution in [2.24, 2.45) is 0 Å². The number of carbonyl (C=O) groups is 2. The Hall–Kier alpha value is -1.86. The van der Waals surface area contributed by atoms with Crippen LogP contribution in [-0.2, 0) is 21.5 Å². The van der Waals surface area contributed by atoms with E-state index in [-0.39, 0.29) is 19.1 Å². The molecule has 1 aliphatic heterocycles. The Kier molecular flexibility index (Phi) is 5.20. The van der Waals surface area contributed by atoms with Gasteiger partial charge in [0.25, 0.3) is 0 Å². The maximum atomic E-state index is 12.0. The Labute approximate surface area is 145 Å². The first kappa shape index (κ1) is 17.0.